The molecule has 0 heterocycles. The number of aliphatic carboxylic acids is 2. The third-order valence-electron chi connectivity index (χ3n) is 3.22. The first-order valence-corrected chi connectivity index (χ1v) is 4.92. The predicted octanol–water partition coefficient (Wildman–Crippen LogP) is 0.921. The van der Waals surface area contributed by atoms with Gasteiger partial charge in [0.15, 0.2) is 0 Å². The Hall–Kier alpha value is -1.39. The lowest BCUT2D eigenvalue weighted by Gasteiger charge is -2.34. The molecule has 0 aromatic heterocycles. The van der Waals surface area contributed by atoms with Crippen LogP contribution in [0.2, 0.25) is 0 Å². The number of rotatable bonds is 4. The average molecular weight is 214 g/mol. The van der Waals surface area contributed by atoms with Crippen LogP contribution >= 0.6 is 0 Å². The summed E-state index contributed by atoms with van der Waals surface area (Å²) in [6, 6.07) is 0. The lowest BCUT2D eigenvalue weighted by atomic mass is 9.69. The standard InChI is InChI=1S/C10H14O5/c11-6-5-10(9(14)15)3-1-7(2-4-10)8(12)13/h6-7H,1-5H2,(H,12,13)(H,14,15). The second-order valence-electron chi connectivity index (χ2n) is 4.07. The fourth-order valence-electron chi connectivity index (χ4n) is 2.08. The highest BCUT2D eigenvalue weighted by Crippen LogP contribution is 2.41. The fourth-order valence-corrected chi connectivity index (χ4v) is 2.08. The molecule has 1 aliphatic carbocycles. The number of carbonyl (C=O) groups excluding carboxylic acids is 1. The SMILES string of the molecule is O=CCC1(C(=O)O)CCC(C(=O)O)CC1. The van der Waals surface area contributed by atoms with E-state index in [1.807, 2.05) is 0 Å². The molecule has 0 aromatic rings. The molecule has 15 heavy (non-hydrogen) atoms. The van der Waals surface area contributed by atoms with Gasteiger partial charge in [0.25, 0.3) is 0 Å². The van der Waals surface area contributed by atoms with E-state index in [2.05, 4.69) is 0 Å². The number of carboxylic acid groups (broad SMARTS) is 2. The summed E-state index contributed by atoms with van der Waals surface area (Å²) in [5.41, 5.74) is -1.02. The van der Waals surface area contributed by atoms with Gasteiger partial charge in [0.05, 0.1) is 11.3 Å². The molecule has 1 fully saturated rings. The second kappa shape index (κ2) is 4.42. The molecule has 1 rings (SSSR count). The molecule has 0 bridgehead atoms. The minimum Gasteiger partial charge on any atom is -0.481 e. The van der Waals surface area contributed by atoms with Gasteiger partial charge in [0.2, 0.25) is 0 Å². The van der Waals surface area contributed by atoms with E-state index < -0.39 is 23.3 Å². The van der Waals surface area contributed by atoms with E-state index in [0.717, 1.165) is 0 Å². The summed E-state index contributed by atoms with van der Waals surface area (Å²) in [4.78, 5) is 32.1. The van der Waals surface area contributed by atoms with Crippen molar-refractivity contribution in [3.63, 3.8) is 0 Å². The van der Waals surface area contributed by atoms with Crippen LogP contribution in [-0.2, 0) is 14.4 Å². The molecule has 5 heteroatoms. The quantitative estimate of drug-likeness (QED) is 0.679. The highest BCUT2D eigenvalue weighted by atomic mass is 16.4. The molecule has 0 radical (unpaired) electrons. The molecular formula is C10H14O5. The van der Waals surface area contributed by atoms with Crippen molar-refractivity contribution in [2.24, 2.45) is 11.3 Å². The molecule has 1 saturated carbocycles. The van der Waals surface area contributed by atoms with Gasteiger partial charge in [0, 0.05) is 6.42 Å². The van der Waals surface area contributed by atoms with Crippen LogP contribution < -0.4 is 0 Å². The number of aldehydes is 1. The van der Waals surface area contributed by atoms with E-state index in [-0.39, 0.29) is 19.3 Å². The Morgan fingerprint density at radius 3 is 2.13 bits per heavy atom. The summed E-state index contributed by atoms with van der Waals surface area (Å²) in [6.07, 6.45) is 1.82. The van der Waals surface area contributed by atoms with Crippen molar-refractivity contribution in [1.82, 2.24) is 0 Å². The van der Waals surface area contributed by atoms with Gasteiger partial charge >= 0.3 is 11.9 Å². The van der Waals surface area contributed by atoms with E-state index in [1.54, 1.807) is 0 Å². The second-order valence-corrected chi connectivity index (χ2v) is 4.07. The summed E-state index contributed by atoms with van der Waals surface area (Å²) in [7, 11) is 0. The zero-order valence-electron chi connectivity index (χ0n) is 8.31. The Morgan fingerprint density at radius 2 is 1.80 bits per heavy atom. The van der Waals surface area contributed by atoms with Crippen molar-refractivity contribution in [3.8, 4) is 0 Å². The topological polar surface area (TPSA) is 91.7 Å². The van der Waals surface area contributed by atoms with Crippen LogP contribution in [0.3, 0.4) is 0 Å². The maximum Gasteiger partial charge on any atom is 0.310 e. The Bertz CT molecular complexity index is 276. The number of carboxylic acids is 2. The molecule has 0 spiro atoms. The maximum absolute atomic E-state index is 11.0. The van der Waals surface area contributed by atoms with Crippen molar-refractivity contribution in [2.75, 3.05) is 0 Å². The van der Waals surface area contributed by atoms with Gasteiger partial charge in [-0.25, -0.2) is 0 Å². The molecule has 0 amide bonds. The van der Waals surface area contributed by atoms with Gasteiger partial charge in [-0.3, -0.25) is 9.59 Å². The van der Waals surface area contributed by atoms with Gasteiger partial charge in [-0.2, -0.15) is 0 Å². The molecule has 2 N–H and O–H groups in total. The van der Waals surface area contributed by atoms with Crippen LogP contribution in [0.1, 0.15) is 32.1 Å². The molecule has 1 aliphatic rings. The monoisotopic (exact) mass is 214 g/mol. The largest absolute Gasteiger partial charge is 0.481 e. The van der Waals surface area contributed by atoms with Crippen LogP contribution in [0.5, 0.6) is 0 Å². The Balaban J connectivity index is 2.69. The smallest absolute Gasteiger partial charge is 0.310 e. The summed E-state index contributed by atoms with van der Waals surface area (Å²) >= 11 is 0. The third-order valence-corrected chi connectivity index (χ3v) is 3.22. The highest BCUT2D eigenvalue weighted by molar-refractivity contribution is 5.79. The van der Waals surface area contributed by atoms with Gasteiger partial charge < -0.3 is 15.0 Å². The molecule has 0 saturated heterocycles. The van der Waals surface area contributed by atoms with E-state index >= 15 is 0 Å². The van der Waals surface area contributed by atoms with Crippen LogP contribution in [0.4, 0.5) is 0 Å². The van der Waals surface area contributed by atoms with Gasteiger partial charge in [-0.1, -0.05) is 0 Å². The summed E-state index contributed by atoms with van der Waals surface area (Å²) in [6.45, 7) is 0. The molecule has 5 nitrogen and oxygen atoms in total. The molecule has 0 aliphatic heterocycles. The first kappa shape index (κ1) is 11.7. The van der Waals surface area contributed by atoms with E-state index in [1.165, 1.54) is 0 Å². The lowest BCUT2D eigenvalue weighted by molar-refractivity contribution is -0.156. The number of hydrogen-bond acceptors (Lipinski definition) is 3. The minimum atomic E-state index is -1.02. The maximum atomic E-state index is 11.0. The zero-order valence-corrected chi connectivity index (χ0v) is 8.31. The zero-order chi connectivity index (χ0) is 11.5. The van der Waals surface area contributed by atoms with Crippen molar-refractivity contribution in [2.45, 2.75) is 32.1 Å². The summed E-state index contributed by atoms with van der Waals surface area (Å²) < 4.78 is 0. The van der Waals surface area contributed by atoms with Crippen molar-refractivity contribution in [1.29, 1.82) is 0 Å². The first-order chi connectivity index (χ1) is 7.02. The van der Waals surface area contributed by atoms with Crippen LogP contribution in [0.25, 0.3) is 0 Å². The van der Waals surface area contributed by atoms with Crippen molar-refractivity contribution < 1.29 is 24.6 Å². The van der Waals surface area contributed by atoms with Gasteiger partial charge in [-0.15, -0.1) is 0 Å². The van der Waals surface area contributed by atoms with Crippen LogP contribution in [0, 0.1) is 11.3 Å². The third kappa shape index (κ3) is 2.34. The highest BCUT2D eigenvalue weighted by Gasteiger charge is 2.42. The normalized spacial score (nSPS) is 30.8. The van der Waals surface area contributed by atoms with Crippen molar-refractivity contribution in [3.05, 3.63) is 0 Å². The minimum absolute atomic E-state index is 0.0192. The average Bonchev–Trinajstić information content (AvgIpc) is 2.18. The van der Waals surface area contributed by atoms with Crippen LogP contribution in [-0.4, -0.2) is 28.4 Å². The molecular weight excluding hydrogens is 200 g/mol. The Morgan fingerprint density at radius 1 is 1.27 bits per heavy atom. The van der Waals surface area contributed by atoms with Crippen LogP contribution in [0.15, 0.2) is 0 Å². The van der Waals surface area contributed by atoms with Gasteiger partial charge in [0.1, 0.15) is 6.29 Å². The van der Waals surface area contributed by atoms with Crippen molar-refractivity contribution >= 4 is 18.2 Å². The molecule has 84 valence electrons. The Kier molecular flexibility index (Phi) is 3.44. The molecule has 0 unspecified atom stereocenters. The van der Waals surface area contributed by atoms with E-state index in [0.29, 0.717) is 19.1 Å². The Labute approximate surface area is 87.1 Å². The first-order valence-electron chi connectivity index (χ1n) is 4.92. The summed E-state index contributed by atoms with van der Waals surface area (Å²) in [5, 5.41) is 17.8. The number of hydrogen-bond donors (Lipinski definition) is 2. The lowest BCUT2D eigenvalue weighted by Crippen LogP contribution is -2.37. The van der Waals surface area contributed by atoms with Gasteiger partial charge in [-0.05, 0) is 25.7 Å². The fraction of sp³-hybridized carbons (Fsp3) is 0.700. The van der Waals surface area contributed by atoms with E-state index in [4.69, 9.17) is 10.2 Å². The number of carbonyl (C=O) groups is 3. The van der Waals surface area contributed by atoms with E-state index in [9.17, 15) is 14.4 Å². The predicted molar refractivity (Wildman–Crippen MR) is 50.3 cm³/mol. The molecule has 0 aromatic carbocycles. The molecule has 0 atom stereocenters. The summed E-state index contributed by atoms with van der Waals surface area (Å²) in [5.74, 6) is -2.32.